The van der Waals surface area contributed by atoms with E-state index < -0.39 is 0 Å². The number of fused-ring (bicyclic) bond motifs is 3. The molecule has 0 saturated carbocycles. The van der Waals surface area contributed by atoms with Gasteiger partial charge in [-0.25, -0.2) is 9.97 Å². The number of hydrogen-bond donors (Lipinski definition) is 2. The Hall–Kier alpha value is -2.69. The van der Waals surface area contributed by atoms with E-state index >= 15 is 0 Å². The number of H-pyrrole nitrogens is 1. The van der Waals surface area contributed by atoms with Crippen LogP contribution in [0.3, 0.4) is 0 Å². The number of rotatable bonds is 3. The molecule has 0 saturated heterocycles. The number of hydrogen-bond acceptors (Lipinski definition) is 3. The van der Waals surface area contributed by atoms with Crippen molar-refractivity contribution >= 4 is 16.8 Å². The minimum absolute atomic E-state index is 0.0729. The summed E-state index contributed by atoms with van der Waals surface area (Å²) in [6.07, 6.45) is 7.84. The van der Waals surface area contributed by atoms with E-state index in [-0.39, 0.29) is 5.91 Å². The molecule has 0 atom stereocenters. The molecule has 5 heteroatoms. The topological polar surface area (TPSA) is 70.7 Å². The number of benzene rings is 1. The Morgan fingerprint density at radius 1 is 1.22 bits per heavy atom. The first kappa shape index (κ1) is 13.9. The fourth-order valence-electron chi connectivity index (χ4n) is 3.24. The van der Waals surface area contributed by atoms with Gasteiger partial charge < -0.3 is 10.3 Å². The van der Waals surface area contributed by atoms with Crippen molar-refractivity contribution in [1.29, 1.82) is 0 Å². The molecule has 5 nitrogen and oxygen atoms in total. The maximum atomic E-state index is 12.4. The molecule has 116 valence electrons. The summed E-state index contributed by atoms with van der Waals surface area (Å²) < 4.78 is 0. The summed E-state index contributed by atoms with van der Waals surface area (Å²) in [7, 11) is 0. The minimum atomic E-state index is -0.0729. The molecule has 1 aromatic carbocycles. The van der Waals surface area contributed by atoms with Crippen LogP contribution < -0.4 is 5.32 Å². The molecule has 3 aromatic rings. The lowest BCUT2D eigenvalue weighted by Crippen LogP contribution is -2.23. The van der Waals surface area contributed by atoms with Crippen molar-refractivity contribution in [2.24, 2.45) is 0 Å². The Morgan fingerprint density at radius 3 is 3.00 bits per heavy atom. The van der Waals surface area contributed by atoms with Gasteiger partial charge in [0.25, 0.3) is 5.91 Å². The number of carbonyl (C=O) groups excluding carboxylic acids is 1. The SMILES string of the molecule is O=C(NCc1ccncn1)c1ccc2[nH]c3c(c2c1)CCCC3. The highest BCUT2D eigenvalue weighted by Crippen LogP contribution is 2.29. The number of nitrogens with zero attached hydrogens (tertiary/aromatic N) is 2. The first-order valence-electron chi connectivity index (χ1n) is 7.98. The average molecular weight is 306 g/mol. The highest BCUT2D eigenvalue weighted by Gasteiger charge is 2.16. The molecule has 2 N–H and O–H groups in total. The van der Waals surface area contributed by atoms with Gasteiger partial charge in [0.05, 0.1) is 12.2 Å². The van der Waals surface area contributed by atoms with E-state index in [2.05, 4.69) is 20.3 Å². The second-order valence-corrected chi connectivity index (χ2v) is 5.93. The molecule has 2 aromatic heterocycles. The van der Waals surface area contributed by atoms with Gasteiger partial charge in [0.15, 0.2) is 0 Å². The molecule has 0 bridgehead atoms. The van der Waals surface area contributed by atoms with Crippen LogP contribution in [0.15, 0.2) is 36.8 Å². The molecular formula is C18H18N4O. The third-order valence-electron chi connectivity index (χ3n) is 4.43. The average Bonchev–Trinajstić information content (AvgIpc) is 2.98. The zero-order valence-corrected chi connectivity index (χ0v) is 12.8. The number of aromatic nitrogens is 3. The first-order valence-corrected chi connectivity index (χ1v) is 7.98. The monoisotopic (exact) mass is 306 g/mol. The Morgan fingerprint density at radius 2 is 2.13 bits per heavy atom. The van der Waals surface area contributed by atoms with Gasteiger partial charge in [-0.1, -0.05) is 0 Å². The van der Waals surface area contributed by atoms with E-state index in [4.69, 9.17) is 0 Å². The Bertz CT molecular complexity index is 854. The van der Waals surface area contributed by atoms with Crippen LogP contribution in [-0.4, -0.2) is 20.9 Å². The van der Waals surface area contributed by atoms with Gasteiger partial charge in [0.2, 0.25) is 0 Å². The smallest absolute Gasteiger partial charge is 0.251 e. The quantitative estimate of drug-likeness (QED) is 0.781. The molecule has 1 aliphatic carbocycles. The normalized spacial score (nSPS) is 13.7. The number of aryl methyl sites for hydroxylation is 2. The van der Waals surface area contributed by atoms with Crippen LogP contribution in [0.5, 0.6) is 0 Å². The van der Waals surface area contributed by atoms with Crippen LogP contribution >= 0.6 is 0 Å². The summed E-state index contributed by atoms with van der Waals surface area (Å²) in [5, 5.41) is 4.10. The van der Waals surface area contributed by atoms with Gasteiger partial charge in [0, 0.05) is 28.4 Å². The van der Waals surface area contributed by atoms with E-state index in [1.165, 1.54) is 35.8 Å². The molecule has 1 aliphatic rings. The molecule has 0 aliphatic heterocycles. The van der Waals surface area contributed by atoms with Gasteiger partial charge in [-0.2, -0.15) is 0 Å². The van der Waals surface area contributed by atoms with Crippen molar-refractivity contribution in [3.8, 4) is 0 Å². The lowest BCUT2D eigenvalue weighted by Gasteiger charge is -2.10. The predicted molar refractivity (Wildman–Crippen MR) is 88.1 cm³/mol. The summed E-state index contributed by atoms with van der Waals surface area (Å²) in [4.78, 5) is 23.9. The maximum absolute atomic E-state index is 12.4. The highest BCUT2D eigenvalue weighted by atomic mass is 16.1. The van der Waals surface area contributed by atoms with E-state index in [1.54, 1.807) is 12.3 Å². The fraction of sp³-hybridized carbons (Fsp3) is 0.278. The molecule has 0 unspecified atom stereocenters. The lowest BCUT2D eigenvalue weighted by molar-refractivity contribution is 0.0950. The Kier molecular flexibility index (Phi) is 3.54. The van der Waals surface area contributed by atoms with Crippen LogP contribution in [0.4, 0.5) is 0 Å². The highest BCUT2D eigenvalue weighted by molar-refractivity contribution is 5.99. The van der Waals surface area contributed by atoms with Crippen molar-refractivity contribution in [2.45, 2.75) is 32.2 Å². The molecule has 23 heavy (non-hydrogen) atoms. The summed E-state index contributed by atoms with van der Waals surface area (Å²) in [6, 6.07) is 7.68. The fourth-order valence-corrected chi connectivity index (χ4v) is 3.24. The van der Waals surface area contributed by atoms with Gasteiger partial charge in [-0.15, -0.1) is 0 Å². The molecule has 0 spiro atoms. The van der Waals surface area contributed by atoms with Crippen LogP contribution in [0.2, 0.25) is 0 Å². The molecule has 2 heterocycles. The summed E-state index contributed by atoms with van der Waals surface area (Å²) >= 11 is 0. The summed E-state index contributed by atoms with van der Waals surface area (Å²) in [6.45, 7) is 0.407. The Balaban J connectivity index is 1.57. The van der Waals surface area contributed by atoms with E-state index in [0.29, 0.717) is 12.1 Å². The van der Waals surface area contributed by atoms with Crippen molar-refractivity contribution in [3.63, 3.8) is 0 Å². The molecular weight excluding hydrogens is 288 g/mol. The third kappa shape index (κ3) is 2.70. The number of amides is 1. The predicted octanol–water partition coefficient (Wildman–Crippen LogP) is 2.77. The maximum Gasteiger partial charge on any atom is 0.251 e. The lowest BCUT2D eigenvalue weighted by atomic mass is 9.95. The van der Waals surface area contributed by atoms with Crippen molar-refractivity contribution < 1.29 is 4.79 Å². The van der Waals surface area contributed by atoms with Crippen molar-refractivity contribution in [2.75, 3.05) is 0 Å². The summed E-state index contributed by atoms with van der Waals surface area (Å²) in [5.41, 5.74) is 5.35. The van der Waals surface area contributed by atoms with Gasteiger partial charge in [-0.05, 0) is 55.5 Å². The third-order valence-corrected chi connectivity index (χ3v) is 4.43. The van der Waals surface area contributed by atoms with Gasteiger partial charge in [-0.3, -0.25) is 4.79 Å². The second kappa shape index (κ2) is 5.83. The van der Waals surface area contributed by atoms with Crippen molar-refractivity contribution in [1.82, 2.24) is 20.3 Å². The van der Waals surface area contributed by atoms with E-state index in [0.717, 1.165) is 24.1 Å². The number of nitrogens with one attached hydrogen (secondary N) is 2. The van der Waals surface area contributed by atoms with Crippen LogP contribution in [-0.2, 0) is 19.4 Å². The summed E-state index contributed by atoms with van der Waals surface area (Å²) in [5.74, 6) is -0.0729. The molecule has 0 radical (unpaired) electrons. The standard InChI is InChI=1S/C18H18N4O/c23-18(20-10-13-7-8-19-11-21-13)12-5-6-17-15(9-12)14-3-1-2-4-16(14)22-17/h5-9,11,22H,1-4,10H2,(H,20,23). The van der Waals surface area contributed by atoms with Crippen LogP contribution in [0.1, 0.15) is 40.2 Å². The Labute approximate surface area is 134 Å². The first-order chi connectivity index (χ1) is 11.3. The number of carbonyl (C=O) groups is 1. The molecule has 1 amide bonds. The zero-order valence-electron chi connectivity index (χ0n) is 12.8. The largest absolute Gasteiger partial charge is 0.358 e. The van der Waals surface area contributed by atoms with E-state index in [1.807, 2.05) is 18.2 Å². The molecule has 0 fully saturated rings. The van der Waals surface area contributed by atoms with Crippen LogP contribution in [0, 0.1) is 0 Å². The molecule has 4 rings (SSSR count). The van der Waals surface area contributed by atoms with Gasteiger partial charge >= 0.3 is 0 Å². The zero-order chi connectivity index (χ0) is 15.6. The minimum Gasteiger partial charge on any atom is -0.358 e. The van der Waals surface area contributed by atoms with Crippen LogP contribution in [0.25, 0.3) is 10.9 Å². The second-order valence-electron chi connectivity index (χ2n) is 5.93. The van der Waals surface area contributed by atoms with E-state index in [9.17, 15) is 4.79 Å². The van der Waals surface area contributed by atoms with Crippen molar-refractivity contribution in [3.05, 3.63) is 59.3 Å². The van der Waals surface area contributed by atoms with Gasteiger partial charge in [0.1, 0.15) is 6.33 Å². The number of aromatic amines is 1.